The van der Waals surface area contributed by atoms with Gasteiger partial charge in [-0.15, -0.1) is 0 Å². The fourth-order valence-corrected chi connectivity index (χ4v) is 2.74. The Morgan fingerprint density at radius 1 is 1.44 bits per heavy atom. The second-order valence-corrected chi connectivity index (χ2v) is 5.42. The summed E-state index contributed by atoms with van der Waals surface area (Å²) in [5, 5.41) is 0. The molecule has 0 aromatic rings. The zero-order valence-corrected chi connectivity index (χ0v) is 11.4. The summed E-state index contributed by atoms with van der Waals surface area (Å²) in [4.78, 5) is 3.54. The number of likely N-dealkylation sites (N-methyl/N-ethyl adjacent to an activating group) is 1. The second-order valence-electron chi connectivity index (χ2n) is 5.42. The van der Waals surface area contributed by atoms with Crippen LogP contribution >= 0.6 is 0 Å². The summed E-state index contributed by atoms with van der Waals surface area (Å²) in [6, 6.07) is -2.39. The summed E-state index contributed by atoms with van der Waals surface area (Å²) in [5.74, 6) is 0.314. The maximum atomic E-state index is 13.0. The highest BCUT2D eigenvalue weighted by Crippen LogP contribution is 2.28. The third-order valence-corrected chi connectivity index (χ3v) is 3.72. The van der Waals surface area contributed by atoms with Crippen molar-refractivity contribution in [3.05, 3.63) is 0 Å². The Hall–Kier alpha value is -0.330. The van der Waals surface area contributed by atoms with Crippen molar-refractivity contribution in [2.24, 2.45) is 11.7 Å². The van der Waals surface area contributed by atoms with Crippen molar-refractivity contribution < 1.29 is 13.2 Å². The molecule has 0 aliphatic carbocycles. The van der Waals surface area contributed by atoms with E-state index in [0.717, 1.165) is 19.5 Å². The molecular formula is C12H24F3N3. The van der Waals surface area contributed by atoms with E-state index in [9.17, 15) is 13.2 Å². The molecular weight excluding hydrogens is 243 g/mol. The fraction of sp³-hybridized carbons (Fsp3) is 1.00. The molecule has 3 atom stereocenters. The molecule has 1 saturated heterocycles. The molecule has 2 N–H and O–H groups in total. The zero-order valence-electron chi connectivity index (χ0n) is 11.4. The summed E-state index contributed by atoms with van der Waals surface area (Å²) in [7, 11) is 3.53. The number of alkyl halides is 3. The first-order chi connectivity index (χ1) is 8.25. The predicted molar refractivity (Wildman–Crippen MR) is 66.3 cm³/mol. The number of rotatable bonds is 5. The van der Waals surface area contributed by atoms with Gasteiger partial charge in [-0.3, -0.25) is 4.90 Å². The van der Waals surface area contributed by atoms with E-state index in [1.807, 2.05) is 7.05 Å². The highest BCUT2D eigenvalue weighted by Gasteiger charge is 2.45. The van der Waals surface area contributed by atoms with Crippen molar-refractivity contribution in [2.45, 2.75) is 38.0 Å². The van der Waals surface area contributed by atoms with Crippen LogP contribution in [0.1, 0.15) is 19.8 Å². The minimum atomic E-state index is -4.26. The molecule has 1 aliphatic rings. The lowest BCUT2D eigenvalue weighted by Gasteiger charge is -2.35. The van der Waals surface area contributed by atoms with Crippen molar-refractivity contribution in [3.63, 3.8) is 0 Å². The summed E-state index contributed by atoms with van der Waals surface area (Å²) in [6.45, 7) is 3.99. The van der Waals surface area contributed by atoms with Crippen molar-refractivity contribution in [3.8, 4) is 0 Å². The van der Waals surface area contributed by atoms with Gasteiger partial charge < -0.3 is 10.6 Å². The molecule has 18 heavy (non-hydrogen) atoms. The topological polar surface area (TPSA) is 32.5 Å². The fourth-order valence-electron chi connectivity index (χ4n) is 2.74. The van der Waals surface area contributed by atoms with Crippen LogP contribution < -0.4 is 5.73 Å². The van der Waals surface area contributed by atoms with Gasteiger partial charge in [0.2, 0.25) is 0 Å². The van der Waals surface area contributed by atoms with Crippen molar-refractivity contribution >= 4 is 0 Å². The van der Waals surface area contributed by atoms with Crippen LogP contribution in [0.3, 0.4) is 0 Å². The Balaban J connectivity index is 2.62. The van der Waals surface area contributed by atoms with Crippen LogP contribution in [0.15, 0.2) is 0 Å². The Bertz CT molecular complexity index is 257. The maximum Gasteiger partial charge on any atom is 0.405 e. The van der Waals surface area contributed by atoms with Gasteiger partial charge >= 0.3 is 6.18 Å². The van der Waals surface area contributed by atoms with E-state index in [-0.39, 0.29) is 0 Å². The van der Waals surface area contributed by atoms with Crippen LogP contribution in [0, 0.1) is 5.92 Å². The van der Waals surface area contributed by atoms with E-state index in [2.05, 4.69) is 4.90 Å². The largest absolute Gasteiger partial charge is 0.405 e. The van der Waals surface area contributed by atoms with Crippen LogP contribution in [0.5, 0.6) is 0 Å². The van der Waals surface area contributed by atoms with Gasteiger partial charge in [-0.2, -0.15) is 13.2 Å². The molecule has 6 heteroatoms. The predicted octanol–water partition coefficient (Wildman–Crippen LogP) is 1.54. The first-order valence-electron chi connectivity index (χ1n) is 6.46. The zero-order chi connectivity index (χ0) is 13.9. The van der Waals surface area contributed by atoms with Gasteiger partial charge in [0.25, 0.3) is 0 Å². The van der Waals surface area contributed by atoms with E-state index in [1.165, 1.54) is 11.9 Å². The molecule has 0 aromatic heterocycles. The number of hydrogen-bond donors (Lipinski definition) is 1. The lowest BCUT2D eigenvalue weighted by Crippen LogP contribution is -2.55. The van der Waals surface area contributed by atoms with Crippen LogP contribution in [0.25, 0.3) is 0 Å². The summed E-state index contributed by atoms with van der Waals surface area (Å²) in [6.07, 6.45) is -2.96. The third kappa shape index (κ3) is 4.10. The summed E-state index contributed by atoms with van der Waals surface area (Å²) >= 11 is 0. The molecule has 0 saturated carbocycles. The van der Waals surface area contributed by atoms with Gasteiger partial charge in [0, 0.05) is 19.1 Å². The van der Waals surface area contributed by atoms with Gasteiger partial charge in [0.15, 0.2) is 0 Å². The molecule has 1 heterocycles. The maximum absolute atomic E-state index is 13.0. The molecule has 108 valence electrons. The first kappa shape index (κ1) is 15.7. The SMILES string of the molecule is CCC(N)C(N(C)CC1CCN(C)C1)C(F)(F)F. The molecule has 3 unspecified atom stereocenters. The number of likely N-dealkylation sites (tertiary alicyclic amines) is 1. The Kier molecular flexibility index (Phi) is 5.43. The van der Waals surface area contributed by atoms with Crippen molar-refractivity contribution in [1.82, 2.24) is 9.80 Å². The van der Waals surface area contributed by atoms with E-state index in [4.69, 9.17) is 5.73 Å². The van der Waals surface area contributed by atoms with Gasteiger partial charge in [0.1, 0.15) is 6.04 Å². The summed E-state index contributed by atoms with van der Waals surface area (Å²) in [5.41, 5.74) is 5.63. The quantitative estimate of drug-likeness (QED) is 0.820. The molecule has 0 amide bonds. The van der Waals surface area contributed by atoms with Crippen molar-refractivity contribution in [1.29, 1.82) is 0 Å². The van der Waals surface area contributed by atoms with Crippen LogP contribution in [-0.4, -0.2) is 61.8 Å². The van der Waals surface area contributed by atoms with Gasteiger partial charge in [0.05, 0.1) is 0 Å². The van der Waals surface area contributed by atoms with Gasteiger partial charge in [-0.05, 0) is 39.4 Å². The smallest absolute Gasteiger partial charge is 0.326 e. The second kappa shape index (κ2) is 6.21. The molecule has 0 aromatic carbocycles. The van der Waals surface area contributed by atoms with E-state index in [1.54, 1.807) is 6.92 Å². The third-order valence-electron chi connectivity index (χ3n) is 3.72. The normalized spacial score (nSPS) is 25.7. The van der Waals surface area contributed by atoms with Crippen molar-refractivity contribution in [2.75, 3.05) is 33.7 Å². The standard InChI is InChI=1S/C12H24F3N3/c1-4-10(16)11(12(13,14)15)18(3)8-9-5-6-17(2)7-9/h9-11H,4-8,16H2,1-3H3. The minimum absolute atomic E-state index is 0.314. The number of halogens is 3. The van der Waals surface area contributed by atoms with Crippen LogP contribution in [0.2, 0.25) is 0 Å². The molecule has 0 radical (unpaired) electrons. The highest BCUT2D eigenvalue weighted by atomic mass is 19.4. The lowest BCUT2D eigenvalue weighted by molar-refractivity contribution is -0.187. The van der Waals surface area contributed by atoms with Crippen LogP contribution in [0.4, 0.5) is 13.2 Å². The van der Waals surface area contributed by atoms with E-state index >= 15 is 0 Å². The average Bonchev–Trinajstić information content (AvgIpc) is 2.61. The average molecular weight is 267 g/mol. The Morgan fingerprint density at radius 2 is 2.06 bits per heavy atom. The van der Waals surface area contributed by atoms with E-state index < -0.39 is 18.3 Å². The monoisotopic (exact) mass is 267 g/mol. The molecule has 1 aliphatic heterocycles. The number of hydrogen-bond acceptors (Lipinski definition) is 3. The van der Waals surface area contributed by atoms with E-state index in [0.29, 0.717) is 18.9 Å². The molecule has 1 fully saturated rings. The van der Waals surface area contributed by atoms with Gasteiger partial charge in [-0.1, -0.05) is 6.92 Å². The number of nitrogens with two attached hydrogens (primary N) is 1. The number of nitrogens with zero attached hydrogens (tertiary/aromatic N) is 2. The first-order valence-corrected chi connectivity index (χ1v) is 6.46. The minimum Gasteiger partial charge on any atom is -0.326 e. The van der Waals surface area contributed by atoms with Crippen LogP contribution in [-0.2, 0) is 0 Å². The molecule has 3 nitrogen and oxygen atoms in total. The Morgan fingerprint density at radius 3 is 2.44 bits per heavy atom. The summed E-state index contributed by atoms with van der Waals surface area (Å²) < 4.78 is 39.1. The van der Waals surface area contributed by atoms with Gasteiger partial charge in [-0.25, -0.2) is 0 Å². The molecule has 0 bridgehead atoms. The Labute approximate surface area is 107 Å². The molecule has 1 rings (SSSR count). The highest BCUT2D eigenvalue weighted by molar-refractivity contribution is 4.88. The molecule has 0 spiro atoms. The lowest BCUT2D eigenvalue weighted by atomic mass is 10.0.